The summed E-state index contributed by atoms with van der Waals surface area (Å²) in [7, 11) is 0. The molecule has 2 aromatic carbocycles. The lowest BCUT2D eigenvalue weighted by Gasteiger charge is -2.29. The van der Waals surface area contributed by atoms with E-state index in [4.69, 9.17) is 20.8 Å². The van der Waals surface area contributed by atoms with E-state index in [0.717, 1.165) is 66.0 Å². The van der Waals surface area contributed by atoms with Crippen molar-refractivity contribution in [1.29, 1.82) is 5.26 Å². The van der Waals surface area contributed by atoms with E-state index in [-0.39, 0.29) is 6.04 Å². The Labute approximate surface area is 198 Å². The van der Waals surface area contributed by atoms with Gasteiger partial charge in [0.15, 0.2) is 5.65 Å². The van der Waals surface area contributed by atoms with Gasteiger partial charge in [-0.1, -0.05) is 18.2 Å². The topological polar surface area (TPSA) is 115 Å². The highest BCUT2D eigenvalue weighted by Crippen LogP contribution is 2.36. The lowest BCUT2D eigenvalue weighted by Crippen LogP contribution is -2.34. The minimum absolute atomic E-state index is 0.250. The molecule has 0 bridgehead atoms. The molecular formula is C26H27N7O. The highest BCUT2D eigenvalue weighted by molar-refractivity contribution is 5.98. The number of nitriles is 1. The zero-order chi connectivity index (χ0) is 23.3. The number of fused-ring (bicyclic) bond motifs is 1. The third-order valence-electron chi connectivity index (χ3n) is 6.34. The van der Waals surface area contributed by atoms with Gasteiger partial charge in [0.1, 0.15) is 29.3 Å². The molecule has 3 N–H and O–H groups in total. The zero-order valence-corrected chi connectivity index (χ0v) is 18.9. The fourth-order valence-electron chi connectivity index (χ4n) is 4.61. The zero-order valence-electron chi connectivity index (χ0n) is 18.9. The second-order valence-corrected chi connectivity index (χ2v) is 8.56. The molecule has 5 rings (SSSR count). The van der Waals surface area contributed by atoms with E-state index in [9.17, 15) is 0 Å². The fraction of sp³-hybridized carbons (Fsp3) is 0.308. The lowest BCUT2D eigenvalue weighted by atomic mass is 9.91. The van der Waals surface area contributed by atoms with Crippen LogP contribution in [0.4, 0.5) is 5.82 Å². The molecule has 172 valence electrons. The maximum absolute atomic E-state index is 8.76. The molecule has 8 nitrogen and oxygen atoms in total. The van der Waals surface area contributed by atoms with Gasteiger partial charge in [-0.2, -0.15) is 10.4 Å². The molecule has 2 aromatic heterocycles. The number of nitrogens with one attached hydrogen (secondary N) is 1. The Hall–Kier alpha value is -3.96. The Morgan fingerprint density at radius 2 is 1.74 bits per heavy atom. The second kappa shape index (κ2) is 9.89. The SMILES string of the molecule is N#CCCNC1CCC(n2nc(-c3ccc(Oc4ccccc4)cc3)c3c(N)ncnc32)CC1. The first-order chi connectivity index (χ1) is 16.7. The minimum Gasteiger partial charge on any atom is -0.457 e. The number of benzene rings is 2. The van der Waals surface area contributed by atoms with E-state index in [1.54, 1.807) is 0 Å². The molecule has 1 saturated carbocycles. The van der Waals surface area contributed by atoms with Gasteiger partial charge in [0.05, 0.1) is 17.5 Å². The van der Waals surface area contributed by atoms with Gasteiger partial charge in [-0.15, -0.1) is 0 Å². The highest BCUT2D eigenvalue weighted by atomic mass is 16.5. The van der Waals surface area contributed by atoms with Crippen molar-refractivity contribution >= 4 is 16.9 Å². The number of nitrogens with zero attached hydrogens (tertiary/aromatic N) is 5. The van der Waals surface area contributed by atoms with Crippen molar-refractivity contribution in [2.45, 2.75) is 44.2 Å². The van der Waals surface area contributed by atoms with E-state index in [1.165, 1.54) is 6.33 Å². The van der Waals surface area contributed by atoms with Crippen LogP contribution in [0.25, 0.3) is 22.3 Å². The van der Waals surface area contributed by atoms with Crippen molar-refractivity contribution in [2.75, 3.05) is 12.3 Å². The molecule has 0 radical (unpaired) electrons. The molecule has 8 heteroatoms. The molecule has 0 saturated heterocycles. The number of hydrogen-bond acceptors (Lipinski definition) is 7. The van der Waals surface area contributed by atoms with Crippen molar-refractivity contribution in [2.24, 2.45) is 0 Å². The maximum atomic E-state index is 8.76. The van der Waals surface area contributed by atoms with Crippen LogP contribution in [0.3, 0.4) is 0 Å². The summed E-state index contributed by atoms with van der Waals surface area (Å²) in [5.74, 6) is 1.98. The molecule has 2 heterocycles. The van der Waals surface area contributed by atoms with Crippen LogP contribution in [0.5, 0.6) is 11.5 Å². The summed E-state index contributed by atoms with van der Waals surface area (Å²) < 4.78 is 7.96. The Bertz CT molecular complexity index is 1290. The van der Waals surface area contributed by atoms with Crippen LogP contribution in [-0.2, 0) is 0 Å². The average Bonchev–Trinajstić information content (AvgIpc) is 3.27. The summed E-state index contributed by atoms with van der Waals surface area (Å²) in [5.41, 5.74) is 8.79. The first-order valence-electron chi connectivity index (χ1n) is 11.7. The monoisotopic (exact) mass is 453 g/mol. The number of ether oxygens (including phenoxy) is 1. The van der Waals surface area contributed by atoms with Crippen LogP contribution in [-0.4, -0.2) is 32.3 Å². The van der Waals surface area contributed by atoms with E-state index in [2.05, 4.69) is 21.4 Å². The van der Waals surface area contributed by atoms with Gasteiger partial charge < -0.3 is 15.8 Å². The van der Waals surface area contributed by atoms with Crippen LogP contribution < -0.4 is 15.8 Å². The molecule has 4 aromatic rings. The van der Waals surface area contributed by atoms with Crippen molar-refractivity contribution in [3.05, 3.63) is 60.9 Å². The van der Waals surface area contributed by atoms with Gasteiger partial charge in [0, 0.05) is 24.6 Å². The quantitative estimate of drug-likeness (QED) is 0.384. The molecule has 1 fully saturated rings. The smallest absolute Gasteiger partial charge is 0.164 e. The molecule has 0 spiro atoms. The van der Waals surface area contributed by atoms with Crippen LogP contribution >= 0.6 is 0 Å². The van der Waals surface area contributed by atoms with Gasteiger partial charge in [-0.05, 0) is 62.1 Å². The Kier molecular flexibility index (Phi) is 6.36. The third-order valence-corrected chi connectivity index (χ3v) is 6.34. The van der Waals surface area contributed by atoms with Crippen molar-refractivity contribution < 1.29 is 4.74 Å². The third kappa shape index (κ3) is 4.56. The minimum atomic E-state index is 0.250. The number of anilines is 1. The molecule has 1 aliphatic carbocycles. The predicted molar refractivity (Wildman–Crippen MR) is 131 cm³/mol. The lowest BCUT2D eigenvalue weighted by molar-refractivity contribution is 0.282. The number of rotatable bonds is 7. The number of nitrogens with two attached hydrogens (primary N) is 1. The normalized spacial score (nSPS) is 18.0. The average molecular weight is 454 g/mol. The van der Waals surface area contributed by atoms with Gasteiger partial charge >= 0.3 is 0 Å². The molecular weight excluding hydrogens is 426 g/mol. The number of para-hydroxylation sites is 1. The first kappa shape index (κ1) is 21.9. The van der Waals surface area contributed by atoms with E-state index >= 15 is 0 Å². The van der Waals surface area contributed by atoms with Crippen LogP contribution in [0, 0.1) is 11.3 Å². The summed E-state index contributed by atoms with van der Waals surface area (Å²) in [5, 5.41) is 18.0. The van der Waals surface area contributed by atoms with E-state index in [0.29, 0.717) is 18.3 Å². The van der Waals surface area contributed by atoms with Gasteiger partial charge in [-0.25, -0.2) is 14.6 Å². The Morgan fingerprint density at radius 1 is 1.00 bits per heavy atom. The number of hydrogen-bond donors (Lipinski definition) is 2. The summed E-state index contributed by atoms with van der Waals surface area (Å²) in [4.78, 5) is 8.78. The molecule has 0 atom stereocenters. The number of nitrogen functional groups attached to an aromatic ring is 1. The van der Waals surface area contributed by atoms with Crippen LogP contribution in [0.1, 0.15) is 38.1 Å². The van der Waals surface area contributed by atoms with Crippen LogP contribution in [0.2, 0.25) is 0 Å². The van der Waals surface area contributed by atoms with Gasteiger partial charge in [0.25, 0.3) is 0 Å². The fourth-order valence-corrected chi connectivity index (χ4v) is 4.61. The maximum Gasteiger partial charge on any atom is 0.164 e. The van der Waals surface area contributed by atoms with Crippen molar-refractivity contribution in [3.8, 4) is 28.8 Å². The number of aromatic nitrogens is 4. The summed E-state index contributed by atoms with van der Waals surface area (Å²) >= 11 is 0. The summed E-state index contributed by atoms with van der Waals surface area (Å²) in [6.07, 6.45) is 6.12. The molecule has 0 amide bonds. The summed E-state index contributed by atoms with van der Waals surface area (Å²) in [6, 6.07) is 20.4. The Balaban J connectivity index is 1.39. The summed E-state index contributed by atoms with van der Waals surface area (Å²) in [6.45, 7) is 0.744. The molecule has 1 aliphatic rings. The second-order valence-electron chi connectivity index (χ2n) is 8.56. The molecule has 34 heavy (non-hydrogen) atoms. The first-order valence-corrected chi connectivity index (χ1v) is 11.7. The van der Waals surface area contributed by atoms with Crippen molar-refractivity contribution in [1.82, 2.24) is 25.1 Å². The standard InChI is InChI=1S/C26H27N7O/c27-15-4-16-29-19-9-11-20(12-10-19)33-26-23(25(28)30-17-31-26)24(32-33)18-7-13-22(14-8-18)34-21-5-2-1-3-6-21/h1-3,5-8,13-14,17,19-20,29H,4,9-12,16H2,(H2,28,30,31). The van der Waals surface area contributed by atoms with Crippen LogP contribution in [0.15, 0.2) is 60.9 Å². The predicted octanol–water partition coefficient (Wildman–Crippen LogP) is 4.85. The van der Waals surface area contributed by atoms with E-state index < -0.39 is 0 Å². The van der Waals surface area contributed by atoms with Crippen molar-refractivity contribution in [3.63, 3.8) is 0 Å². The largest absolute Gasteiger partial charge is 0.457 e. The molecule has 0 unspecified atom stereocenters. The van der Waals surface area contributed by atoms with Gasteiger partial charge in [-0.3, -0.25) is 0 Å². The highest BCUT2D eigenvalue weighted by Gasteiger charge is 2.26. The van der Waals surface area contributed by atoms with E-state index in [1.807, 2.05) is 59.3 Å². The molecule has 0 aliphatic heterocycles. The van der Waals surface area contributed by atoms with Gasteiger partial charge in [0.2, 0.25) is 0 Å². The Morgan fingerprint density at radius 3 is 2.47 bits per heavy atom.